The predicted molar refractivity (Wildman–Crippen MR) is 80.6 cm³/mol. The van der Waals surface area contributed by atoms with E-state index in [0.29, 0.717) is 12.3 Å². The van der Waals surface area contributed by atoms with Crippen LogP contribution in [0.5, 0.6) is 0 Å². The summed E-state index contributed by atoms with van der Waals surface area (Å²) in [4.78, 5) is 2.17. The molecule has 20 heavy (non-hydrogen) atoms. The molecule has 1 saturated heterocycles. The summed E-state index contributed by atoms with van der Waals surface area (Å²) < 4.78 is 19.4. The van der Waals surface area contributed by atoms with Crippen molar-refractivity contribution in [1.29, 1.82) is 0 Å². The van der Waals surface area contributed by atoms with Crippen molar-refractivity contribution in [3.05, 3.63) is 29.6 Å². The lowest BCUT2D eigenvalue weighted by Crippen LogP contribution is -2.36. The van der Waals surface area contributed by atoms with Crippen LogP contribution >= 0.6 is 0 Å². The molecule has 1 aromatic carbocycles. The summed E-state index contributed by atoms with van der Waals surface area (Å²) in [6, 6.07) is 5.35. The van der Waals surface area contributed by atoms with Crippen molar-refractivity contribution in [2.45, 2.75) is 32.2 Å². The van der Waals surface area contributed by atoms with Gasteiger partial charge in [-0.05, 0) is 43.7 Å². The lowest BCUT2D eigenvalue weighted by molar-refractivity contribution is 0.139. The van der Waals surface area contributed by atoms with E-state index < -0.39 is 0 Å². The molecule has 2 rings (SSSR count). The molecule has 1 aromatic rings. The summed E-state index contributed by atoms with van der Waals surface area (Å²) in [5.41, 5.74) is 7.65. The van der Waals surface area contributed by atoms with Crippen molar-refractivity contribution < 1.29 is 9.13 Å². The van der Waals surface area contributed by atoms with Crippen molar-refractivity contribution in [2.24, 2.45) is 11.7 Å². The summed E-state index contributed by atoms with van der Waals surface area (Å²) in [7, 11) is 1.74. The number of hydrogen-bond donors (Lipinski definition) is 1. The van der Waals surface area contributed by atoms with E-state index in [0.717, 1.165) is 43.8 Å². The Kier molecular flexibility index (Phi) is 5.38. The van der Waals surface area contributed by atoms with Gasteiger partial charge in [0.2, 0.25) is 0 Å². The molecule has 0 amide bonds. The Morgan fingerprint density at radius 2 is 2.10 bits per heavy atom. The number of ether oxygens (including phenoxy) is 1. The molecule has 1 aliphatic heterocycles. The summed E-state index contributed by atoms with van der Waals surface area (Å²) >= 11 is 0. The Hall–Kier alpha value is -1.13. The van der Waals surface area contributed by atoms with E-state index in [4.69, 9.17) is 10.5 Å². The zero-order chi connectivity index (χ0) is 14.5. The predicted octanol–water partition coefficient (Wildman–Crippen LogP) is 2.58. The first kappa shape index (κ1) is 15.3. The highest BCUT2D eigenvalue weighted by molar-refractivity contribution is 5.55. The number of methoxy groups -OCH3 is 1. The summed E-state index contributed by atoms with van der Waals surface area (Å²) in [6.45, 7) is 4.54. The molecule has 1 unspecified atom stereocenters. The van der Waals surface area contributed by atoms with Gasteiger partial charge in [0, 0.05) is 32.8 Å². The number of rotatable bonds is 5. The van der Waals surface area contributed by atoms with Crippen molar-refractivity contribution >= 4 is 5.69 Å². The number of nitrogens with zero attached hydrogens (tertiary/aromatic N) is 1. The van der Waals surface area contributed by atoms with E-state index in [-0.39, 0.29) is 11.9 Å². The Balaban J connectivity index is 2.12. The Bertz CT molecular complexity index is 428. The highest BCUT2D eigenvalue weighted by Crippen LogP contribution is 2.29. The number of benzene rings is 1. The Labute approximate surface area is 120 Å². The van der Waals surface area contributed by atoms with Crippen molar-refractivity contribution in [3.63, 3.8) is 0 Å². The second kappa shape index (κ2) is 7.04. The molecule has 1 heterocycles. The quantitative estimate of drug-likeness (QED) is 0.901. The number of hydrogen-bond acceptors (Lipinski definition) is 3. The molecule has 4 heteroatoms. The van der Waals surface area contributed by atoms with Crippen LogP contribution in [0.15, 0.2) is 18.2 Å². The Morgan fingerprint density at radius 1 is 1.40 bits per heavy atom. The van der Waals surface area contributed by atoms with Crippen molar-refractivity contribution in [1.82, 2.24) is 0 Å². The van der Waals surface area contributed by atoms with E-state index in [1.165, 1.54) is 0 Å². The van der Waals surface area contributed by atoms with Gasteiger partial charge in [0.15, 0.2) is 0 Å². The fourth-order valence-electron chi connectivity index (χ4n) is 2.98. The van der Waals surface area contributed by atoms with Crippen LogP contribution in [0, 0.1) is 11.7 Å². The monoisotopic (exact) mass is 280 g/mol. The zero-order valence-electron chi connectivity index (χ0n) is 12.4. The van der Waals surface area contributed by atoms with Crippen molar-refractivity contribution in [2.75, 3.05) is 31.7 Å². The van der Waals surface area contributed by atoms with Gasteiger partial charge in [-0.15, -0.1) is 0 Å². The van der Waals surface area contributed by atoms with Gasteiger partial charge in [0.1, 0.15) is 5.82 Å². The highest BCUT2D eigenvalue weighted by atomic mass is 19.1. The third-order valence-electron chi connectivity index (χ3n) is 3.95. The van der Waals surface area contributed by atoms with Crippen LogP contribution in [0.4, 0.5) is 10.1 Å². The fraction of sp³-hybridized carbons (Fsp3) is 0.625. The maximum absolute atomic E-state index is 14.2. The van der Waals surface area contributed by atoms with Gasteiger partial charge < -0.3 is 15.4 Å². The minimum atomic E-state index is -0.131. The topological polar surface area (TPSA) is 38.5 Å². The second-order valence-corrected chi connectivity index (χ2v) is 5.81. The van der Waals surface area contributed by atoms with Gasteiger partial charge in [0.05, 0.1) is 5.69 Å². The van der Waals surface area contributed by atoms with E-state index in [1.807, 2.05) is 13.0 Å². The van der Waals surface area contributed by atoms with E-state index in [1.54, 1.807) is 19.2 Å². The molecule has 3 nitrogen and oxygen atoms in total. The average Bonchev–Trinajstić information content (AvgIpc) is 2.40. The summed E-state index contributed by atoms with van der Waals surface area (Å²) in [5, 5.41) is 0. The molecule has 2 N–H and O–H groups in total. The molecule has 0 aliphatic carbocycles. The van der Waals surface area contributed by atoms with Crippen LogP contribution in [0.3, 0.4) is 0 Å². The first-order chi connectivity index (χ1) is 9.61. The van der Waals surface area contributed by atoms with Gasteiger partial charge in [0.25, 0.3) is 0 Å². The number of para-hydroxylation sites is 1. The standard InChI is InChI=1S/C16H25FN2O/c1-12(18)10-14-4-3-5-15(17)16(14)19-8-6-13(7-9-19)11-20-2/h3-5,12-13H,6-11,18H2,1-2H3. The van der Waals surface area contributed by atoms with Crippen LogP contribution in [0.1, 0.15) is 25.3 Å². The summed E-state index contributed by atoms with van der Waals surface area (Å²) in [6.07, 6.45) is 2.82. The molecule has 0 saturated carbocycles. The first-order valence-corrected chi connectivity index (χ1v) is 7.38. The fourth-order valence-corrected chi connectivity index (χ4v) is 2.98. The number of anilines is 1. The van der Waals surface area contributed by atoms with E-state index in [2.05, 4.69) is 4.90 Å². The lowest BCUT2D eigenvalue weighted by atomic mass is 9.96. The molecule has 0 aromatic heterocycles. The van der Waals surface area contributed by atoms with Gasteiger partial charge in [-0.1, -0.05) is 12.1 Å². The SMILES string of the molecule is COCC1CCN(c2c(F)cccc2CC(C)N)CC1. The number of nitrogens with two attached hydrogens (primary N) is 1. The molecule has 112 valence electrons. The van der Waals surface area contributed by atoms with Crippen LogP contribution in [-0.2, 0) is 11.2 Å². The van der Waals surface area contributed by atoms with E-state index >= 15 is 0 Å². The van der Waals surface area contributed by atoms with Gasteiger partial charge in [-0.3, -0.25) is 0 Å². The maximum atomic E-state index is 14.2. The molecular formula is C16H25FN2O. The minimum Gasteiger partial charge on any atom is -0.384 e. The van der Waals surface area contributed by atoms with Crippen LogP contribution in [0.25, 0.3) is 0 Å². The summed E-state index contributed by atoms with van der Waals surface area (Å²) in [5.74, 6) is 0.466. The van der Waals surface area contributed by atoms with Crippen molar-refractivity contribution in [3.8, 4) is 0 Å². The van der Waals surface area contributed by atoms with E-state index in [9.17, 15) is 4.39 Å². The third-order valence-corrected chi connectivity index (χ3v) is 3.95. The maximum Gasteiger partial charge on any atom is 0.146 e. The largest absolute Gasteiger partial charge is 0.384 e. The highest BCUT2D eigenvalue weighted by Gasteiger charge is 2.23. The van der Waals surface area contributed by atoms with Gasteiger partial charge in [-0.25, -0.2) is 4.39 Å². The Morgan fingerprint density at radius 3 is 2.70 bits per heavy atom. The number of piperidine rings is 1. The lowest BCUT2D eigenvalue weighted by Gasteiger charge is -2.35. The first-order valence-electron chi connectivity index (χ1n) is 7.38. The molecule has 1 aliphatic rings. The van der Waals surface area contributed by atoms with Gasteiger partial charge in [-0.2, -0.15) is 0 Å². The molecule has 1 atom stereocenters. The zero-order valence-corrected chi connectivity index (χ0v) is 12.4. The molecule has 0 spiro atoms. The molecular weight excluding hydrogens is 255 g/mol. The molecule has 0 bridgehead atoms. The van der Waals surface area contributed by atoms with Crippen LogP contribution < -0.4 is 10.6 Å². The third kappa shape index (κ3) is 3.70. The normalized spacial score (nSPS) is 18.3. The minimum absolute atomic E-state index is 0.0431. The van der Waals surface area contributed by atoms with Crippen LogP contribution in [-0.4, -0.2) is 32.8 Å². The average molecular weight is 280 g/mol. The second-order valence-electron chi connectivity index (χ2n) is 5.81. The smallest absolute Gasteiger partial charge is 0.146 e. The molecule has 1 fully saturated rings. The number of halogens is 1. The van der Waals surface area contributed by atoms with Gasteiger partial charge >= 0.3 is 0 Å². The van der Waals surface area contributed by atoms with Crippen LogP contribution in [0.2, 0.25) is 0 Å². The molecule has 0 radical (unpaired) electrons.